The molecule has 6 heteroatoms. The molecule has 100 valence electrons. The summed E-state index contributed by atoms with van der Waals surface area (Å²) in [6, 6.07) is 7.84. The largest absolute Gasteiger partial charge is 0.373 e. The van der Waals surface area contributed by atoms with Crippen LogP contribution in [0.1, 0.15) is 5.69 Å². The first-order valence-electron chi connectivity index (χ1n) is 5.95. The fraction of sp³-hybridized carbons (Fsp3) is 0.308. The van der Waals surface area contributed by atoms with Crippen LogP contribution in [0.3, 0.4) is 0 Å². The fourth-order valence-electron chi connectivity index (χ4n) is 1.64. The second-order valence-corrected chi connectivity index (χ2v) is 4.80. The molecule has 5 nitrogen and oxygen atoms in total. The standard InChI is InChI=1S/C13H17N5S/c1-14-11-8-12(17-13(16-11)19-3)18(2)9-10-6-4-5-7-15-10/h4-8H,9H2,1-3H3,(H,14,16,17). The second-order valence-electron chi connectivity index (χ2n) is 4.03. The van der Waals surface area contributed by atoms with Crippen molar-refractivity contribution in [3.8, 4) is 0 Å². The van der Waals surface area contributed by atoms with Gasteiger partial charge in [0.05, 0.1) is 12.2 Å². The molecule has 2 heterocycles. The molecule has 0 bridgehead atoms. The zero-order valence-electron chi connectivity index (χ0n) is 11.3. The Balaban J connectivity index is 2.20. The average molecular weight is 275 g/mol. The highest BCUT2D eigenvalue weighted by molar-refractivity contribution is 7.98. The van der Waals surface area contributed by atoms with Crippen molar-refractivity contribution in [2.24, 2.45) is 0 Å². The summed E-state index contributed by atoms with van der Waals surface area (Å²) in [5, 5.41) is 3.81. The summed E-state index contributed by atoms with van der Waals surface area (Å²) >= 11 is 1.53. The lowest BCUT2D eigenvalue weighted by Gasteiger charge is -2.18. The molecular formula is C13H17N5S. The smallest absolute Gasteiger partial charge is 0.191 e. The van der Waals surface area contributed by atoms with Crippen molar-refractivity contribution < 1.29 is 0 Å². The number of anilines is 2. The Morgan fingerprint density at radius 2 is 2.16 bits per heavy atom. The van der Waals surface area contributed by atoms with Crippen molar-refractivity contribution in [3.05, 3.63) is 36.2 Å². The summed E-state index contributed by atoms with van der Waals surface area (Å²) in [4.78, 5) is 15.2. The Morgan fingerprint density at radius 1 is 1.32 bits per heavy atom. The van der Waals surface area contributed by atoms with E-state index in [1.54, 1.807) is 6.20 Å². The molecule has 0 radical (unpaired) electrons. The van der Waals surface area contributed by atoms with E-state index in [0.717, 1.165) is 29.0 Å². The first-order valence-corrected chi connectivity index (χ1v) is 7.17. The number of nitrogens with zero attached hydrogens (tertiary/aromatic N) is 4. The number of hydrogen-bond acceptors (Lipinski definition) is 6. The number of pyridine rings is 1. The van der Waals surface area contributed by atoms with Gasteiger partial charge in [-0.1, -0.05) is 17.8 Å². The molecule has 0 saturated heterocycles. The third kappa shape index (κ3) is 3.57. The molecule has 0 aromatic carbocycles. The van der Waals surface area contributed by atoms with Gasteiger partial charge in [-0.3, -0.25) is 4.98 Å². The van der Waals surface area contributed by atoms with Gasteiger partial charge in [0.25, 0.3) is 0 Å². The maximum atomic E-state index is 4.51. The molecule has 0 spiro atoms. The maximum Gasteiger partial charge on any atom is 0.191 e. The number of thioether (sulfide) groups is 1. The Morgan fingerprint density at radius 3 is 2.79 bits per heavy atom. The van der Waals surface area contributed by atoms with E-state index in [1.807, 2.05) is 44.6 Å². The van der Waals surface area contributed by atoms with Crippen molar-refractivity contribution in [1.82, 2.24) is 15.0 Å². The first-order chi connectivity index (χ1) is 9.22. The molecule has 0 saturated carbocycles. The van der Waals surface area contributed by atoms with Gasteiger partial charge in [-0.25, -0.2) is 9.97 Å². The van der Waals surface area contributed by atoms with Crippen LogP contribution in [0.4, 0.5) is 11.6 Å². The van der Waals surface area contributed by atoms with Crippen LogP contribution in [-0.2, 0) is 6.54 Å². The lowest BCUT2D eigenvalue weighted by molar-refractivity contribution is 0.838. The normalized spacial score (nSPS) is 10.3. The lowest BCUT2D eigenvalue weighted by Crippen LogP contribution is -2.19. The van der Waals surface area contributed by atoms with Gasteiger partial charge in [-0.05, 0) is 18.4 Å². The quantitative estimate of drug-likeness (QED) is 0.667. The van der Waals surface area contributed by atoms with Crippen LogP contribution in [0.5, 0.6) is 0 Å². The number of aromatic nitrogens is 3. The van der Waals surface area contributed by atoms with Crippen LogP contribution >= 0.6 is 11.8 Å². The molecule has 2 aromatic rings. The van der Waals surface area contributed by atoms with Crippen molar-refractivity contribution in [2.75, 3.05) is 30.6 Å². The van der Waals surface area contributed by atoms with Gasteiger partial charge in [0.2, 0.25) is 0 Å². The number of rotatable bonds is 5. The number of nitrogens with one attached hydrogen (secondary N) is 1. The minimum absolute atomic E-state index is 0.717. The van der Waals surface area contributed by atoms with Crippen LogP contribution in [0.2, 0.25) is 0 Å². The van der Waals surface area contributed by atoms with Crippen LogP contribution in [0.15, 0.2) is 35.6 Å². The van der Waals surface area contributed by atoms with Crippen LogP contribution < -0.4 is 10.2 Å². The average Bonchev–Trinajstić information content (AvgIpc) is 2.47. The Bertz CT molecular complexity index is 510. The Labute approximate surface area is 117 Å². The highest BCUT2D eigenvalue weighted by atomic mass is 32.2. The Kier molecular flexibility index (Phi) is 4.57. The van der Waals surface area contributed by atoms with E-state index < -0.39 is 0 Å². The molecule has 0 amide bonds. The van der Waals surface area contributed by atoms with Gasteiger partial charge in [0.1, 0.15) is 11.6 Å². The summed E-state index contributed by atoms with van der Waals surface area (Å²) in [5.41, 5.74) is 1.01. The molecule has 19 heavy (non-hydrogen) atoms. The van der Waals surface area contributed by atoms with Crippen molar-refractivity contribution in [3.63, 3.8) is 0 Å². The van der Waals surface area contributed by atoms with Gasteiger partial charge in [-0.2, -0.15) is 0 Å². The predicted molar refractivity (Wildman–Crippen MR) is 79.7 cm³/mol. The van der Waals surface area contributed by atoms with E-state index in [0.29, 0.717) is 0 Å². The summed E-state index contributed by atoms with van der Waals surface area (Å²) in [6.45, 7) is 0.717. The van der Waals surface area contributed by atoms with E-state index in [1.165, 1.54) is 11.8 Å². The molecule has 0 aliphatic rings. The zero-order chi connectivity index (χ0) is 13.7. The van der Waals surface area contributed by atoms with Gasteiger partial charge >= 0.3 is 0 Å². The molecule has 0 aliphatic carbocycles. The van der Waals surface area contributed by atoms with E-state index in [-0.39, 0.29) is 0 Å². The lowest BCUT2D eigenvalue weighted by atomic mass is 10.3. The molecule has 0 aliphatic heterocycles. The topological polar surface area (TPSA) is 53.9 Å². The van der Waals surface area contributed by atoms with E-state index in [2.05, 4.69) is 25.2 Å². The molecule has 1 N–H and O–H groups in total. The van der Waals surface area contributed by atoms with Gasteiger partial charge in [0, 0.05) is 26.4 Å². The Hall–Kier alpha value is -1.82. The maximum absolute atomic E-state index is 4.51. The summed E-state index contributed by atoms with van der Waals surface area (Å²) < 4.78 is 0. The first kappa shape index (κ1) is 13.6. The zero-order valence-corrected chi connectivity index (χ0v) is 12.1. The van der Waals surface area contributed by atoms with Gasteiger partial charge in [-0.15, -0.1) is 0 Å². The monoisotopic (exact) mass is 275 g/mol. The molecular weight excluding hydrogens is 258 g/mol. The third-order valence-electron chi connectivity index (χ3n) is 2.65. The summed E-state index contributed by atoms with van der Waals surface area (Å²) in [5.74, 6) is 1.71. The van der Waals surface area contributed by atoms with Gasteiger partial charge < -0.3 is 10.2 Å². The van der Waals surface area contributed by atoms with Crippen molar-refractivity contribution >= 4 is 23.4 Å². The molecule has 0 fully saturated rings. The fourth-order valence-corrected chi connectivity index (χ4v) is 2.02. The van der Waals surface area contributed by atoms with E-state index >= 15 is 0 Å². The van der Waals surface area contributed by atoms with E-state index in [9.17, 15) is 0 Å². The minimum Gasteiger partial charge on any atom is -0.373 e. The van der Waals surface area contributed by atoms with Crippen molar-refractivity contribution in [1.29, 1.82) is 0 Å². The third-order valence-corrected chi connectivity index (χ3v) is 3.19. The van der Waals surface area contributed by atoms with E-state index in [4.69, 9.17) is 0 Å². The SMILES string of the molecule is CNc1cc(N(C)Cc2ccccn2)nc(SC)n1. The molecule has 2 aromatic heterocycles. The summed E-state index contributed by atoms with van der Waals surface area (Å²) in [7, 11) is 3.86. The molecule has 0 unspecified atom stereocenters. The highest BCUT2D eigenvalue weighted by Gasteiger charge is 2.08. The van der Waals surface area contributed by atoms with Crippen molar-refractivity contribution in [2.45, 2.75) is 11.7 Å². The predicted octanol–water partition coefficient (Wildman–Crippen LogP) is 2.27. The van der Waals surface area contributed by atoms with Crippen LogP contribution in [0.25, 0.3) is 0 Å². The minimum atomic E-state index is 0.717. The molecule has 2 rings (SSSR count). The van der Waals surface area contributed by atoms with Crippen LogP contribution in [0, 0.1) is 0 Å². The van der Waals surface area contributed by atoms with Gasteiger partial charge in [0.15, 0.2) is 5.16 Å². The second kappa shape index (κ2) is 6.38. The summed E-state index contributed by atoms with van der Waals surface area (Å²) in [6.07, 6.45) is 3.77. The number of hydrogen-bond donors (Lipinski definition) is 1. The highest BCUT2D eigenvalue weighted by Crippen LogP contribution is 2.20. The molecule has 0 atom stereocenters. The van der Waals surface area contributed by atoms with Crippen LogP contribution in [-0.4, -0.2) is 35.3 Å².